The molecule has 1 fully saturated rings. The van der Waals surface area contributed by atoms with E-state index in [4.69, 9.17) is 10.5 Å². The first-order valence-corrected chi connectivity index (χ1v) is 7.67. The van der Waals surface area contributed by atoms with Gasteiger partial charge in [-0.05, 0) is 24.1 Å². The average molecular weight is 372 g/mol. The fourth-order valence-electron chi connectivity index (χ4n) is 2.98. The Kier molecular flexibility index (Phi) is 8.42. The summed E-state index contributed by atoms with van der Waals surface area (Å²) in [5.41, 5.74) is 7.68. The molecule has 0 radical (unpaired) electrons. The number of carbonyl (C=O) groups is 1. The van der Waals surface area contributed by atoms with E-state index in [1.165, 1.54) is 10.9 Å². The lowest BCUT2D eigenvalue weighted by Crippen LogP contribution is -2.41. The molecule has 0 spiro atoms. The molecule has 0 unspecified atom stereocenters. The highest BCUT2D eigenvalue weighted by molar-refractivity contribution is 5.85. The first-order chi connectivity index (χ1) is 10.8. The fraction of sp³-hybridized carbons (Fsp3) is 0.412. The van der Waals surface area contributed by atoms with E-state index in [2.05, 4.69) is 22.4 Å². The molecule has 3 N–H and O–H groups in total. The topological polar surface area (TPSA) is 77.2 Å². The van der Waals surface area contributed by atoms with E-state index in [0.29, 0.717) is 26.2 Å². The number of carbonyl (C=O) groups excluding carboxylic acids is 1. The van der Waals surface area contributed by atoms with Gasteiger partial charge in [-0.25, -0.2) is 0 Å². The number of benzene rings is 1. The Balaban J connectivity index is 0.00000144. The summed E-state index contributed by atoms with van der Waals surface area (Å²) in [6, 6.07) is 10.2. The number of halogens is 2. The molecule has 0 bridgehead atoms. The second-order valence-corrected chi connectivity index (χ2v) is 5.70. The third-order valence-corrected chi connectivity index (χ3v) is 4.14. The highest BCUT2D eigenvalue weighted by Gasteiger charge is 2.29. The maximum Gasteiger partial charge on any atom is 0.221 e. The molecule has 1 amide bonds. The standard InChI is InChI=1S/C17H21N3O2.2ClH/c18-7-5-17(21)20-16-11-22-10-13(16)9-12-6-8-19-15-4-2-1-3-14(12)15;;/h1-4,6,8,13,16H,5,7,9-11,18H2,(H,20,21);2*1H/t13-,16+;;/m1../s1. The van der Waals surface area contributed by atoms with Crippen LogP contribution in [-0.4, -0.2) is 36.7 Å². The van der Waals surface area contributed by atoms with Crippen molar-refractivity contribution in [3.63, 3.8) is 0 Å². The number of para-hydroxylation sites is 1. The Morgan fingerprint density at radius 2 is 2.04 bits per heavy atom. The highest BCUT2D eigenvalue weighted by Crippen LogP contribution is 2.24. The van der Waals surface area contributed by atoms with Crippen molar-refractivity contribution in [3.8, 4) is 0 Å². The molecule has 1 saturated heterocycles. The number of nitrogens with two attached hydrogens (primary N) is 1. The molecule has 1 aliphatic rings. The predicted molar refractivity (Wildman–Crippen MR) is 99.9 cm³/mol. The van der Waals surface area contributed by atoms with Crippen molar-refractivity contribution in [3.05, 3.63) is 42.1 Å². The van der Waals surface area contributed by atoms with Gasteiger partial charge in [0.15, 0.2) is 0 Å². The molecule has 24 heavy (non-hydrogen) atoms. The maximum absolute atomic E-state index is 11.8. The lowest BCUT2D eigenvalue weighted by molar-refractivity contribution is -0.121. The van der Waals surface area contributed by atoms with Gasteiger partial charge >= 0.3 is 0 Å². The van der Waals surface area contributed by atoms with Gasteiger partial charge in [-0.15, -0.1) is 24.8 Å². The number of nitrogens with zero attached hydrogens (tertiary/aromatic N) is 1. The van der Waals surface area contributed by atoms with E-state index in [1.54, 1.807) is 0 Å². The highest BCUT2D eigenvalue weighted by atomic mass is 35.5. The smallest absolute Gasteiger partial charge is 0.221 e. The monoisotopic (exact) mass is 371 g/mol. The lowest BCUT2D eigenvalue weighted by atomic mass is 9.93. The van der Waals surface area contributed by atoms with E-state index in [0.717, 1.165) is 11.9 Å². The predicted octanol–water partition coefficient (Wildman–Crippen LogP) is 2.10. The van der Waals surface area contributed by atoms with Crippen molar-refractivity contribution in [1.29, 1.82) is 0 Å². The maximum atomic E-state index is 11.8. The molecule has 5 nitrogen and oxygen atoms in total. The van der Waals surface area contributed by atoms with Crippen LogP contribution in [0.2, 0.25) is 0 Å². The van der Waals surface area contributed by atoms with Crippen LogP contribution in [0.4, 0.5) is 0 Å². The van der Waals surface area contributed by atoms with Crippen molar-refractivity contribution in [2.75, 3.05) is 19.8 Å². The molecular formula is C17H23Cl2N3O2. The molecular weight excluding hydrogens is 349 g/mol. The summed E-state index contributed by atoms with van der Waals surface area (Å²) < 4.78 is 5.57. The first kappa shape index (κ1) is 20.6. The van der Waals surface area contributed by atoms with Gasteiger partial charge in [0.05, 0.1) is 24.8 Å². The van der Waals surface area contributed by atoms with Crippen LogP contribution >= 0.6 is 24.8 Å². The SMILES string of the molecule is Cl.Cl.NCCC(=O)N[C@H]1COC[C@H]1Cc1ccnc2ccccc12. The fourth-order valence-corrected chi connectivity index (χ4v) is 2.98. The number of hydrogen-bond donors (Lipinski definition) is 2. The van der Waals surface area contributed by atoms with Crippen molar-refractivity contribution in [2.45, 2.75) is 18.9 Å². The summed E-state index contributed by atoms with van der Waals surface area (Å²) in [5, 5.41) is 4.21. The van der Waals surface area contributed by atoms with Gasteiger partial charge < -0.3 is 15.8 Å². The van der Waals surface area contributed by atoms with E-state index in [-0.39, 0.29) is 42.7 Å². The van der Waals surface area contributed by atoms with Crippen LogP contribution in [0, 0.1) is 5.92 Å². The number of ether oxygens (including phenoxy) is 1. The third kappa shape index (κ3) is 4.80. The van der Waals surface area contributed by atoms with Crippen LogP contribution in [-0.2, 0) is 16.0 Å². The zero-order valence-electron chi connectivity index (χ0n) is 13.3. The summed E-state index contributed by atoms with van der Waals surface area (Å²) in [5.74, 6) is 0.287. The molecule has 132 valence electrons. The minimum atomic E-state index is 0. The second kappa shape index (κ2) is 9.79. The number of fused-ring (bicyclic) bond motifs is 1. The van der Waals surface area contributed by atoms with E-state index >= 15 is 0 Å². The Bertz CT molecular complexity index is 664. The van der Waals surface area contributed by atoms with E-state index in [1.807, 2.05) is 24.4 Å². The molecule has 7 heteroatoms. The number of amides is 1. The van der Waals surface area contributed by atoms with Crippen molar-refractivity contribution in [1.82, 2.24) is 10.3 Å². The van der Waals surface area contributed by atoms with Crippen LogP contribution in [0.1, 0.15) is 12.0 Å². The molecule has 2 heterocycles. The molecule has 2 aromatic rings. The van der Waals surface area contributed by atoms with Crippen LogP contribution < -0.4 is 11.1 Å². The van der Waals surface area contributed by atoms with Gasteiger partial charge in [0.1, 0.15) is 0 Å². The molecule has 0 saturated carbocycles. The van der Waals surface area contributed by atoms with Gasteiger partial charge in [0, 0.05) is 30.5 Å². The van der Waals surface area contributed by atoms with E-state index in [9.17, 15) is 4.79 Å². The molecule has 0 aliphatic carbocycles. The first-order valence-electron chi connectivity index (χ1n) is 7.67. The molecule has 1 aromatic carbocycles. The van der Waals surface area contributed by atoms with Crippen LogP contribution in [0.3, 0.4) is 0 Å². The summed E-state index contributed by atoms with van der Waals surface area (Å²) in [7, 11) is 0. The third-order valence-electron chi connectivity index (χ3n) is 4.14. The summed E-state index contributed by atoms with van der Waals surface area (Å²) >= 11 is 0. The van der Waals surface area contributed by atoms with Gasteiger partial charge in [0.2, 0.25) is 5.91 Å². The normalized spacial score (nSPS) is 19.4. The Hall–Kier alpha value is -1.40. The number of pyridine rings is 1. The molecule has 2 atom stereocenters. The largest absolute Gasteiger partial charge is 0.379 e. The Morgan fingerprint density at radius 1 is 1.25 bits per heavy atom. The Labute approximate surface area is 154 Å². The molecule has 1 aliphatic heterocycles. The van der Waals surface area contributed by atoms with Crippen LogP contribution in [0.5, 0.6) is 0 Å². The summed E-state index contributed by atoms with van der Waals surface area (Å²) in [6.07, 6.45) is 3.08. The van der Waals surface area contributed by atoms with Gasteiger partial charge in [0.25, 0.3) is 0 Å². The number of aromatic nitrogens is 1. The van der Waals surface area contributed by atoms with Gasteiger partial charge in [-0.2, -0.15) is 0 Å². The Morgan fingerprint density at radius 3 is 2.83 bits per heavy atom. The minimum Gasteiger partial charge on any atom is -0.379 e. The van der Waals surface area contributed by atoms with Crippen molar-refractivity contribution in [2.24, 2.45) is 11.7 Å². The number of nitrogens with one attached hydrogen (secondary N) is 1. The second-order valence-electron chi connectivity index (χ2n) is 5.70. The summed E-state index contributed by atoms with van der Waals surface area (Å²) in [4.78, 5) is 16.1. The zero-order valence-corrected chi connectivity index (χ0v) is 14.9. The minimum absolute atomic E-state index is 0. The quantitative estimate of drug-likeness (QED) is 0.843. The summed E-state index contributed by atoms with van der Waals surface area (Å²) in [6.45, 7) is 1.62. The lowest BCUT2D eigenvalue weighted by Gasteiger charge is -2.19. The number of rotatable bonds is 5. The van der Waals surface area contributed by atoms with Crippen LogP contribution in [0.25, 0.3) is 10.9 Å². The van der Waals surface area contributed by atoms with Gasteiger partial charge in [-0.3, -0.25) is 9.78 Å². The molecule has 3 rings (SSSR count). The van der Waals surface area contributed by atoms with Crippen LogP contribution in [0.15, 0.2) is 36.5 Å². The zero-order chi connectivity index (χ0) is 15.4. The van der Waals surface area contributed by atoms with Gasteiger partial charge in [-0.1, -0.05) is 18.2 Å². The molecule has 1 aromatic heterocycles. The average Bonchev–Trinajstić information content (AvgIpc) is 2.95. The van der Waals surface area contributed by atoms with Crippen molar-refractivity contribution < 1.29 is 9.53 Å². The van der Waals surface area contributed by atoms with E-state index < -0.39 is 0 Å². The van der Waals surface area contributed by atoms with Crippen molar-refractivity contribution >= 4 is 41.6 Å². The number of hydrogen-bond acceptors (Lipinski definition) is 4.